The lowest BCUT2D eigenvalue weighted by Gasteiger charge is -2.14. The quantitative estimate of drug-likeness (QED) is 0.447. The van der Waals surface area contributed by atoms with Crippen molar-refractivity contribution in [2.24, 2.45) is 5.92 Å². The Morgan fingerprint density at radius 1 is 1.08 bits per heavy atom. The van der Waals surface area contributed by atoms with Gasteiger partial charge in [0.1, 0.15) is 0 Å². The second-order valence-corrected chi connectivity index (χ2v) is 7.74. The first-order chi connectivity index (χ1) is 11.5. The monoisotopic (exact) mass is 378 g/mol. The number of hydrogen-bond donors (Lipinski definition) is 0. The fraction of sp³-hybridized carbons (Fsp3) is 0.222. The highest BCUT2D eigenvalue weighted by molar-refractivity contribution is 7.99. The van der Waals surface area contributed by atoms with Crippen LogP contribution in [0.2, 0.25) is 10.0 Å². The zero-order valence-electron chi connectivity index (χ0n) is 13.3. The summed E-state index contributed by atoms with van der Waals surface area (Å²) >= 11 is 13.6. The van der Waals surface area contributed by atoms with E-state index >= 15 is 0 Å². The van der Waals surface area contributed by atoms with Crippen molar-refractivity contribution >= 4 is 45.9 Å². The summed E-state index contributed by atoms with van der Waals surface area (Å²) in [4.78, 5) is 17.7. The number of rotatable bonds is 4. The molecule has 0 spiro atoms. The van der Waals surface area contributed by atoms with Gasteiger partial charge in [-0.25, -0.2) is 4.98 Å². The third-order valence-corrected chi connectivity index (χ3v) is 5.28. The average molecular weight is 379 g/mol. The van der Waals surface area contributed by atoms with Crippen molar-refractivity contribution in [1.82, 2.24) is 9.55 Å². The topological polar surface area (TPSA) is 34.9 Å². The van der Waals surface area contributed by atoms with Gasteiger partial charge in [-0.2, -0.15) is 0 Å². The fourth-order valence-corrected chi connectivity index (χ4v) is 3.55. The molecule has 0 saturated carbocycles. The summed E-state index contributed by atoms with van der Waals surface area (Å²) in [6, 6.07) is 12.3. The second kappa shape index (κ2) is 7.18. The van der Waals surface area contributed by atoms with Gasteiger partial charge in [-0.3, -0.25) is 9.36 Å². The van der Waals surface area contributed by atoms with E-state index in [2.05, 4.69) is 18.8 Å². The van der Waals surface area contributed by atoms with E-state index in [1.807, 2.05) is 12.1 Å². The summed E-state index contributed by atoms with van der Waals surface area (Å²) in [7, 11) is 0. The summed E-state index contributed by atoms with van der Waals surface area (Å²) in [5, 5.41) is 2.40. The van der Waals surface area contributed by atoms with Gasteiger partial charge in [-0.05, 0) is 48.4 Å². The molecule has 3 aromatic rings. The molecule has 0 saturated heterocycles. The van der Waals surface area contributed by atoms with E-state index in [-0.39, 0.29) is 5.56 Å². The maximum atomic E-state index is 13.0. The maximum Gasteiger partial charge on any atom is 0.266 e. The van der Waals surface area contributed by atoms with E-state index < -0.39 is 0 Å². The minimum atomic E-state index is -0.106. The number of hydrogen-bond acceptors (Lipinski definition) is 3. The van der Waals surface area contributed by atoms with Gasteiger partial charge in [-0.15, -0.1) is 0 Å². The van der Waals surface area contributed by atoms with Gasteiger partial charge in [0.15, 0.2) is 5.16 Å². The number of halogens is 2. The van der Waals surface area contributed by atoms with Crippen molar-refractivity contribution in [3.63, 3.8) is 0 Å². The maximum absolute atomic E-state index is 13.0. The number of nitrogens with zero attached hydrogens (tertiary/aromatic N) is 2. The molecule has 0 amide bonds. The van der Waals surface area contributed by atoms with Gasteiger partial charge < -0.3 is 0 Å². The SMILES string of the molecule is CC(C)CSc1nc2cc(Cl)ccc2c(=O)n1-c1ccc(Cl)cc1. The molecule has 2 aromatic carbocycles. The molecule has 0 aliphatic rings. The summed E-state index contributed by atoms with van der Waals surface area (Å²) in [6.45, 7) is 4.27. The van der Waals surface area contributed by atoms with Crippen LogP contribution in [0.4, 0.5) is 0 Å². The Bertz CT molecular complexity index is 936. The summed E-state index contributed by atoms with van der Waals surface area (Å²) < 4.78 is 1.64. The summed E-state index contributed by atoms with van der Waals surface area (Å²) in [5.74, 6) is 1.35. The van der Waals surface area contributed by atoms with Gasteiger partial charge in [0.25, 0.3) is 5.56 Å². The lowest BCUT2D eigenvalue weighted by Crippen LogP contribution is -2.22. The molecule has 24 heavy (non-hydrogen) atoms. The van der Waals surface area contributed by atoms with Crippen LogP contribution in [0.3, 0.4) is 0 Å². The molecule has 0 bridgehead atoms. The molecule has 0 radical (unpaired) electrons. The van der Waals surface area contributed by atoms with E-state index in [0.29, 0.717) is 32.0 Å². The lowest BCUT2D eigenvalue weighted by atomic mass is 10.2. The van der Waals surface area contributed by atoms with Gasteiger partial charge in [0.05, 0.1) is 16.6 Å². The third kappa shape index (κ3) is 3.61. The van der Waals surface area contributed by atoms with Crippen molar-refractivity contribution < 1.29 is 0 Å². The number of benzene rings is 2. The van der Waals surface area contributed by atoms with E-state index in [1.54, 1.807) is 46.7 Å². The lowest BCUT2D eigenvalue weighted by molar-refractivity contribution is 0.742. The van der Waals surface area contributed by atoms with E-state index in [9.17, 15) is 4.79 Å². The van der Waals surface area contributed by atoms with Crippen molar-refractivity contribution in [2.45, 2.75) is 19.0 Å². The van der Waals surface area contributed by atoms with Crippen LogP contribution in [0.5, 0.6) is 0 Å². The largest absolute Gasteiger partial charge is 0.268 e. The zero-order valence-corrected chi connectivity index (χ0v) is 15.6. The van der Waals surface area contributed by atoms with Crippen molar-refractivity contribution in [3.05, 3.63) is 62.9 Å². The van der Waals surface area contributed by atoms with Crippen LogP contribution in [-0.4, -0.2) is 15.3 Å². The number of aromatic nitrogens is 2. The molecular weight excluding hydrogens is 363 g/mol. The molecule has 0 unspecified atom stereocenters. The molecular formula is C18H16Cl2N2OS. The van der Waals surface area contributed by atoms with E-state index in [1.165, 1.54) is 0 Å². The van der Waals surface area contributed by atoms with Gasteiger partial charge >= 0.3 is 0 Å². The zero-order chi connectivity index (χ0) is 17.3. The Balaban J connectivity index is 2.25. The molecule has 3 nitrogen and oxygen atoms in total. The first-order valence-electron chi connectivity index (χ1n) is 7.57. The van der Waals surface area contributed by atoms with Crippen molar-refractivity contribution in [3.8, 4) is 5.69 Å². The predicted molar refractivity (Wildman–Crippen MR) is 103 cm³/mol. The molecule has 6 heteroatoms. The highest BCUT2D eigenvalue weighted by atomic mass is 35.5. The second-order valence-electron chi connectivity index (χ2n) is 5.88. The molecule has 0 aliphatic heterocycles. The van der Waals surface area contributed by atoms with Gasteiger partial charge in [0.2, 0.25) is 0 Å². The molecule has 0 N–H and O–H groups in total. The Labute approximate surface area is 154 Å². The first-order valence-corrected chi connectivity index (χ1v) is 9.31. The van der Waals surface area contributed by atoms with Gasteiger partial charge in [-0.1, -0.05) is 48.8 Å². The van der Waals surface area contributed by atoms with Crippen LogP contribution >= 0.6 is 35.0 Å². The van der Waals surface area contributed by atoms with Crippen LogP contribution in [0.1, 0.15) is 13.8 Å². The van der Waals surface area contributed by atoms with E-state index in [4.69, 9.17) is 23.2 Å². The molecule has 124 valence electrons. The Morgan fingerprint density at radius 2 is 1.75 bits per heavy atom. The molecule has 1 aromatic heterocycles. The molecule has 0 atom stereocenters. The predicted octanol–water partition coefficient (Wildman–Crippen LogP) is 5.44. The van der Waals surface area contributed by atoms with Crippen LogP contribution < -0.4 is 5.56 Å². The molecule has 0 fully saturated rings. The highest BCUT2D eigenvalue weighted by Crippen LogP contribution is 2.25. The average Bonchev–Trinajstić information content (AvgIpc) is 2.54. The smallest absolute Gasteiger partial charge is 0.266 e. The fourth-order valence-electron chi connectivity index (χ4n) is 2.29. The highest BCUT2D eigenvalue weighted by Gasteiger charge is 2.14. The number of thioether (sulfide) groups is 1. The van der Waals surface area contributed by atoms with Crippen LogP contribution in [0.25, 0.3) is 16.6 Å². The summed E-state index contributed by atoms with van der Waals surface area (Å²) in [6.07, 6.45) is 0. The standard InChI is InChI=1S/C18H16Cl2N2OS/c1-11(2)10-24-18-21-16-9-13(20)5-8-15(16)17(23)22(18)14-6-3-12(19)4-7-14/h3-9,11H,10H2,1-2H3. The Kier molecular flexibility index (Phi) is 5.18. The Hall–Kier alpha value is -1.49. The Morgan fingerprint density at radius 3 is 2.42 bits per heavy atom. The summed E-state index contributed by atoms with van der Waals surface area (Å²) in [5.41, 5.74) is 1.26. The molecule has 1 heterocycles. The van der Waals surface area contributed by atoms with E-state index in [0.717, 1.165) is 11.4 Å². The van der Waals surface area contributed by atoms with Crippen LogP contribution in [-0.2, 0) is 0 Å². The van der Waals surface area contributed by atoms with Crippen molar-refractivity contribution in [1.29, 1.82) is 0 Å². The van der Waals surface area contributed by atoms with Crippen molar-refractivity contribution in [2.75, 3.05) is 5.75 Å². The third-order valence-electron chi connectivity index (χ3n) is 3.43. The van der Waals surface area contributed by atoms with Crippen LogP contribution in [0.15, 0.2) is 52.4 Å². The minimum absolute atomic E-state index is 0.106. The normalized spacial score (nSPS) is 11.4. The van der Waals surface area contributed by atoms with Gasteiger partial charge in [0, 0.05) is 15.8 Å². The first kappa shape index (κ1) is 17.3. The molecule has 3 rings (SSSR count). The van der Waals surface area contributed by atoms with Crippen LogP contribution in [0, 0.1) is 5.92 Å². The number of fused-ring (bicyclic) bond motifs is 1. The minimum Gasteiger partial charge on any atom is -0.268 e. The molecule has 0 aliphatic carbocycles.